The maximum Gasteiger partial charge on any atom is 0.472 e. The van der Waals surface area contributed by atoms with E-state index in [0.717, 1.165) is 83.5 Å². The summed E-state index contributed by atoms with van der Waals surface area (Å²) < 4.78 is 33.0. The van der Waals surface area contributed by atoms with Gasteiger partial charge in [0.2, 0.25) is 0 Å². The van der Waals surface area contributed by atoms with Crippen molar-refractivity contribution in [1.82, 2.24) is 0 Å². The Morgan fingerprint density at radius 3 is 1.17 bits per heavy atom. The zero-order valence-electron chi connectivity index (χ0n) is 45.4. The van der Waals surface area contributed by atoms with Gasteiger partial charge in [0.25, 0.3) is 0 Å². The normalized spacial score (nSPS) is 13.8. The van der Waals surface area contributed by atoms with Crippen LogP contribution in [-0.4, -0.2) is 49.3 Å². The third-order valence-electron chi connectivity index (χ3n) is 12.0. The van der Waals surface area contributed by atoms with Gasteiger partial charge in [0.15, 0.2) is 6.10 Å². The van der Waals surface area contributed by atoms with Crippen molar-refractivity contribution in [3.05, 3.63) is 97.2 Å². The van der Waals surface area contributed by atoms with Crippen LogP contribution in [0.1, 0.15) is 245 Å². The van der Waals surface area contributed by atoms with Gasteiger partial charge in [-0.25, -0.2) is 4.57 Å². The van der Waals surface area contributed by atoms with Crippen LogP contribution < -0.4 is 5.73 Å². The summed E-state index contributed by atoms with van der Waals surface area (Å²) in [7, 11) is -4.40. The van der Waals surface area contributed by atoms with E-state index in [1.54, 1.807) is 0 Å². The highest BCUT2D eigenvalue weighted by Gasteiger charge is 2.26. The lowest BCUT2D eigenvalue weighted by atomic mass is 10.0. The molecule has 0 amide bonds. The minimum Gasteiger partial charge on any atom is -0.462 e. The summed E-state index contributed by atoms with van der Waals surface area (Å²) >= 11 is 0. The molecule has 9 nitrogen and oxygen atoms in total. The van der Waals surface area contributed by atoms with Crippen molar-refractivity contribution in [2.24, 2.45) is 5.73 Å². The van der Waals surface area contributed by atoms with Crippen molar-refractivity contribution < 1.29 is 37.6 Å². The van der Waals surface area contributed by atoms with E-state index >= 15 is 0 Å². The van der Waals surface area contributed by atoms with E-state index in [-0.39, 0.29) is 32.6 Å². The Morgan fingerprint density at radius 1 is 0.437 bits per heavy atom. The molecule has 10 heteroatoms. The molecule has 0 heterocycles. The first-order valence-electron chi connectivity index (χ1n) is 28.7. The summed E-state index contributed by atoms with van der Waals surface area (Å²) in [6.07, 6.45) is 74.7. The van der Waals surface area contributed by atoms with E-state index < -0.39 is 32.5 Å². The molecule has 0 fully saturated rings. The third kappa shape index (κ3) is 56.1. The molecule has 408 valence electrons. The van der Waals surface area contributed by atoms with Gasteiger partial charge in [-0.05, 0) is 96.3 Å². The third-order valence-corrected chi connectivity index (χ3v) is 12.9. The minimum absolute atomic E-state index is 0.0435. The van der Waals surface area contributed by atoms with E-state index in [9.17, 15) is 19.0 Å². The molecule has 0 rings (SSSR count). The highest BCUT2D eigenvalue weighted by molar-refractivity contribution is 7.47. The number of phosphoric ester groups is 1. The highest BCUT2D eigenvalue weighted by atomic mass is 31.2. The molecule has 0 radical (unpaired) electrons. The summed E-state index contributed by atoms with van der Waals surface area (Å²) in [5.74, 6) is -0.866. The summed E-state index contributed by atoms with van der Waals surface area (Å²) in [6.45, 7) is 3.58. The van der Waals surface area contributed by atoms with Crippen molar-refractivity contribution in [2.75, 3.05) is 26.4 Å². The predicted octanol–water partition coefficient (Wildman–Crippen LogP) is 18.1. The molecule has 0 aliphatic heterocycles. The number of phosphoric acid groups is 1. The van der Waals surface area contributed by atoms with Gasteiger partial charge in [-0.2, -0.15) is 0 Å². The van der Waals surface area contributed by atoms with E-state index in [1.807, 2.05) is 0 Å². The van der Waals surface area contributed by atoms with Gasteiger partial charge in [-0.3, -0.25) is 18.6 Å². The van der Waals surface area contributed by atoms with Gasteiger partial charge in [-0.15, -0.1) is 0 Å². The van der Waals surface area contributed by atoms with Crippen molar-refractivity contribution in [3.8, 4) is 0 Å². The Hall–Kier alpha value is -3.07. The summed E-state index contributed by atoms with van der Waals surface area (Å²) in [6, 6.07) is 0. The average Bonchev–Trinajstić information content (AvgIpc) is 3.36. The van der Waals surface area contributed by atoms with Crippen LogP contribution in [0.2, 0.25) is 0 Å². The summed E-state index contributed by atoms with van der Waals surface area (Å²) in [5, 5.41) is 0. The lowest BCUT2D eigenvalue weighted by molar-refractivity contribution is -0.161. The zero-order valence-corrected chi connectivity index (χ0v) is 46.3. The van der Waals surface area contributed by atoms with E-state index in [1.165, 1.54) is 128 Å². The molecule has 71 heavy (non-hydrogen) atoms. The molecule has 0 saturated heterocycles. The van der Waals surface area contributed by atoms with Crippen molar-refractivity contribution in [3.63, 3.8) is 0 Å². The zero-order chi connectivity index (χ0) is 51.7. The first-order valence-corrected chi connectivity index (χ1v) is 30.2. The van der Waals surface area contributed by atoms with Gasteiger partial charge in [-0.1, -0.05) is 233 Å². The first kappa shape index (κ1) is 67.9. The van der Waals surface area contributed by atoms with Crippen LogP contribution >= 0.6 is 7.82 Å². The molecule has 0 aliphatic carbocycles. The molecular formula is C61H106NO8P. The fourth-order valence-electron chi connectivity index (χ4n) is 7.73. The Bertz CT molecular complexity index is 1480. The lowest BCUT2D eigenvalue weighted by Gasteiger charge is -2.19. The van der Waals surface area contributed by atoms with Crippen LogP contribution in [0.5, 0.6) is 0 Å². The van der Waals surface area contributed by atoms with Crippen LogP contribution in [0.4, 0.5) is 0 Å². The van der Waals surface area contributed by atoms with Crippen LogP contribution in [0, 0.1) is 0 Å². The van der Waals surface area contributed by atoms with Crippen LogP contribution in [0.3, 0.4) is 0 Å². The van der Waals surface area contributed by atoms with E-state index in [2.05, 4.69) is 111 Å². The number of hydrogen-bond acceptors (Lipinski definition) is 8. The van der Waals surface area contributed by atoms with Crippen LogP contribution in [0.15, 0.2) is 97.2 Å². The Kier molecular flexibility index (Phi) is 53.8. The minimum atomic E-state index is -4.40. The quantitative estimate of drug-likeness (QED) is 0.0264. The molecule has 0 aromatic rings. The summed E-state index contributed by atoms with van der Waals surface area (Å²) in [5.41, 5.74) is 5.37. The smallest absolute Gasteiger partial charge is 0.462 e. The Morgan fingerprint density at radius 2 is 0.775 bits per heavy atom. The first-order chi connectivity index (χ1) is 34.8. The monoisotopic (exact) mass is 1010 g/mol. The van der Waals surface area contributed by atoms with Crippen molar-refractivity contribution in [2.45, 2.75) is 251 Å². The second-order valence-electron chi connectivity index (χ2n) is 18.8. The number of carbonyl (C=O) groups excluding carboxylic acids is 2. The van der Waals surface area contributed by atoms with E-state index in [4.69, 9.17) is 24.3 Å². The number of hydrogen-bond donors (Lipinski definition) is 2. The van der Waals surface area contributed by atoms with Gasteiger partial charge >= 0.3 is 19.8 Å². The van der Waals surface area contributed by atoms with Crippen LogP contribution in [-0.2, 0) is 32.7 Å². The number of unbranched alkanes of at least 4 members (excludes halogenated alkanes) is 24. The molecule has 0 aliphatic rings. The molecular weight excluding hydrogens is 906 g/mol. The topological polar surface area (TPSA) is 134 Å². The summed E-state index contributed by atoms with van der Waals surface area (Å²) in [4.78, 5) is 35.1. The SMILES string of the molecule is CC/C=C\C/C=C\C/C=C\C/C=C\C/C=C\CCCCCC(=O)OC(COC(=O)CCCCCCCCCCCCCCCCCC/C=C\C/C=C\C/C=C\CCCCCCC)COP(=O)(O)OCCN. The second kappa shape index (κ2) is 56.2. The fourth-order valence-corrected chi connectivity index (χ4v) is 8.49. The van der Waals surface area contributed by atoms with Gasteiger partial charge in [0.1, 0.15) is 6.61 Å². The number of esters is 2. The maximum atomic E-state index is 12.7. The van der Waals surface area contributed by atoms with Crippen molar-refractivity contribution in [1.29, 1.82) is 0 Å². The number of carbonyl (C=O) groups is 2. The number of allylic oxidation sites excluding steroid dienone is 16. The number of ether oxygens (including phenoxy) is 2. The Labute approximate surface area is 436 Å². The predicted molar refractivity (Wildman–Crippen MR) is 302 cm³/mol. The van der Waals surface area contributed by atoms with E-state index in [0.29, 0.717) is 6.42 Å². The molecule has 3 N–H and O–H groups in total. The Balaban J connectivity index is 3.98. The highest BCUT2D eigenvalue weighted by Crippen LogP contribution is 2.43. The standard InChI is InChI=1S/C61H106NO8P/c1-3-5-7-9-11-13-15-17-19-21-23-24-25-26-27-28-29-30-31-32-33-34-36-37-39-41-43-45-47-49-51-53-60(63)67-57-59(58-69-71(65,66)68-56-55-62)70-61(64)54-52-50-48-46-44-42-40-38-35-22-20-18-16-14-12-10-8-6-4-2/h6,8,12,14-15,17-18,20-21,23,25-26,35,38,42,44,59H,3-5,7,9-11,13,16,19,22,24,27-34,36-37,39-41,43,45-58,62H2,1-2H3,(H,65,66)/b8-6-,14-12-,17-15-,20-18-,23-21-,26-25-,38-35-,44-42-. The molecule has 2 atom stereocenters. The largest absolute Gasteiger partial charge is 0.472 e. The molecule has 0 spiro atoms. The lowest BCUT2D eigenvalue weighted by Crippen LogP contribution is -2.29. The van der Waals surface area contributed by atoms with Crippen LogP contribution in [0.25, 0.3) is 0 Å². The number of rotatable bonds is 53. The molecule has 2 unspecified atom stereocenters. The fraction of sp³-hybridized carbons (Fsp3) is 0.705. The second-order valence-corrected chi connectivity index (χ2v) is 20.2. The number of nitrogens with two attached hydrogens (primary N) is 1. The molecule has 0 saturated carbocycles. The van der Waals surface area contributed by atoms with Crippen molar-refractivity contribution >= 4 is 19.8 Å². The van der Waals surface area contributed by atoms with Gasteiger partial charge in [0, 0.05) is 19.4 Å². The molecule has 0 aromatic heterocycles. The molecule has 0 bridgehead atoms. The maximum absolute atomic E-state index is 12.7. The molecule has 0 aromatic carbocycles. The van der Waals surface area contributed by atoms with Gasteiger partial charge in [0.05, 0.1) is 13.2 Å². The average molecular weight is 1010 g/mol. The van der Waals surface area contributed by atoms with Gasteiger partial charge < -0.3 is 20.1 Å².